The zero-order valence-electron chi connectivity index (χ0n) is 12.1. The fourth-order valence-electron chi connectivity index (χ4n) is 2.02. The van der Waals surface area contributed by atoms with E-state index in [2.05, 4.69) is 26.0 Å². The Bertz CT molecular complexity index is 357. The molecule has 19 heavy (non-hydrogen) atoms. The molecule has 2 heteroatoms. The van der Waals surface area contributed by atoms with Crippen LogP contribution in [0.3, 0.4) is 0 Å². The second kappa shape index (κ2) is 9.76. The molecular formula is C17H26O2. The highest BCUT2D eigenvalue weighted by atomic mass is 16.5. The van der Waals surface area contributed by atoms with Crippen LogP contribution in [0.2, 0.25) is 0 Å². The maximum Gasteiger partial charge on any atom is 0.0717 e. The van der Waals surface area contributed by atoms with Crippen LogP contribution in [0.25, 0.3) is 0 Å². The first-order valence-electron chi connectivity index (χ1n) is 7.10. The number of ether oxygens (including phenoxy) is 1. The number of rotatable bonds is 9. The normalized spacial score (nSPS) is 13.5. The highest BCUT2D eigenvalue weighted by molar-refractivity contribution is 5.13. The van der Waals surface area contributed by atoms with Gasteiger partial charge < -0.3 is 9.84 Å². The van der Waals surface area contributed by atoms with Gasteiger partial charge in [-0.1, -0.05) is 48.9 Å². The Balaban J connectivity index is 2.08. The van der Waals surface area contributed by atoms with E-state index in [-0.39, 0.29) is 6.61 Å². The molecule has 0 aliphatic heterocycles. The zero-order chi connectivity index (χ0) is 13.9. The third-order valence-electron chi connectivity index (χ3n) is 3.22. The lowest BCUT2D eigenvalue weighted by atomic mass is 10.0. The summed E-state index contributed by atoms with van der Waals surface area (Å²) < 4.78 is 5.73. The van der Waals surface area contributed by atoms with Crippen molar-refractivity contribution in [2.75, 3.05) is 13.2 Å². The van der Waals surface area contributed by atoms with E-state index < -0.39 is 0 Å². The molecule has 1 unspecified atom stereocenters. The van der Waals surface area contributed by atoms with Gasteiger partial charge in [-0.25, -0.2) is 0 Å². The van der Waals surface area contributed by atoms with Gasteiger partial charge in [0.2, 0.25) is 0 Å². The van der Waals surface area contributed by atoms with Gasteiger partial charge in [0, 0.05) is 6.61 Å². The van der Waals surface area contributed by atoms with Crippen molar-refractivity contribution in [3.8, 4) is 0 Å². The SMILES string of the molecule is CC(=CCO)CCCC(C)COCc1ccccc1. The highest BCUT2D eigenvalue weighted by Crippen LogP contribution is 2.13. The summed E-state index contributed by atoms with van der Waals surface area (Å²) in [6, 6.07) is 10.3. The van der Waals surface area contributed by atoms with Crippen LogP contribution in [-0.2, 0) is 11.3 Å². The van der Waals surface area contributed by atoms with E-state index in [1.54, 1.807) is 0 Å². The standard InChI is InChI=1S/C17H26O2/c1-15(11-12-18)7-6-8-16(2)13-19-14-17-9-4-3-5-10-17/h3-5,9-11,16,18H,6-8,12-14H2,1-2H3. The van der Waals surface area contributed by atoms with Crippen LogP contribution in [-0.4, -0.2) is 18.3 Å². The van der Waals surface area contributed by atoms with Gasteiger partial charge in [-0.3, -0.25) is 0 Å². The molecule has 0 saturated heterocycles. The van der Waals surface area contributed by atoms with Gasteiger partial charge in [-0.2, -0.15) is 0 Å². The first-order valence-corrected chi connectivity index (χ1v) is 7.10. The molecule has 1 aromatic rings. The number of hydrogen-bond acceptors (Lipinski definition) is 2. The summed E-state index contributed by atoms with van der Waals surface area (Å²) in [7, 11) is 0. The fraction of sp³-hybridized carbons (Fsp3) is 0.529. The molecule has 1 rings (SSSR count). The topological polar surface area (TPSA) is 29.5 Å². The van der Waals surface area contributed by atoms with Crippen molar-refractivity contribution in [2.45, 2.75) is 39.7 Å². The molecule has 0 fully saturated rings. The zero-order valence-corrected chi connectivity index (χ0v) is 12.1. The smallest absolute Gasteiger partial charge is 0.0717 e. The van der Waals surface area contributed by atoms with Crippen molar-refractivity contribution in [1.29, 1.82) is 0 Å². The van der Waals surface area contributed by atoms with Crippen LogP contribution in [0.15, 0.2) is 42.0 Å². The first kappa shape index (κ1) is 15.9. The minimum Gasteiger partial charge on any atom is -0.392 e. The molecule has 0 aromatic heterocycles. The van der Waals surface area contributed by atoms with Crippen LogP contribution < -0.4 is 0 Å². The Hall–Kier alpha value is -1.12. The van der Waals surface area contributed by atoms with Gasteiger partial charge >= 0.3 is 0 Å². The van der Waals surface area contributed by atoms with Crippen molar-refractivity contribution in [3.05, 3.63) is 47.5 Å². The fourth-order valence-corrected chi connectivity index (χ4v) is 2.02. The van der Waals surface area contributed by atoms with E-state index in [1.165, 1.54) is 17.6 Å². The van der Waals surface area contributed by atoms with Crippen molar-refractivity contribution < 1.29 is 9.84 Å². The molecular weight excluding hydrogens is 236 g/mol. The van der Waals surface area contributed by atoms with Gasteiger partial charge in [0.1, 0.15) is 0 Å². The molecule has 0 radical (unpaired) electrons. The maximum atomic E-state index is 8.77. The summed E-state index contributed by atoms with van der Waals surface area (Å²) in [5.41, 5.74) is 2.51. The quantitative estimate of drug-likeness (QED) is 0.683. The second-order valence-electron chi connectivity index (χ2n) is 5.23. The summed E-state index contributed by atoms with van der Waals surface area (Å²) in [5.74, 6) is 0.589. The number of allylic oxidation sites excluding steroid dienone is 1. The van der Waals surface area contributed by atoms with Crippen molar-refractivity contribution in [3.63, 3.8) is 0 Å². The third kappa shape index (κ3) is 7.81. The molecule has 0 saturated carbocycles. The van der Waals surface area contributed by atoms with E-state index in [9.17, 15) is 0 Å². The highest BCUT2D eigenvalue weighted by Gasteiger charge is 2.03. The van der Waals surface area contributed by atoms with Gasteiger partial charge in [-0.05, 0) is 37.7 Å². The number of aliphatic hydroxyl groups excluding tert-OH is 1. The second-order valence-corrected chi connectivity index (χ2v) is 5.23. The summed E-state index contributed by atoms with van der Waals surface area (Å²) in [4.78, 5) is 0. The van der Waals surface area contributed by atoms with Crippen LogP contribution in [0.4, 0.5) is 0 Å². The van der Waals surface area contributed by atoms with E-state index in [4.69, 9.17) is 9.84 Å². The number of hydrogen-bond donors (Lipinski definition) is 1. The molecule has 1 aromatic carbocycles. The number of benzene rings is 1. The molecule has 106 valence electrons. The van der Waals surface area contributed by atoms with E-state index in [1.807, 2.05) is 24.3 Å². The summed E-state index contributed by atoms with van der Waals surface area (Å²) in [5, 5.41) is 8.77. The Morgan fingerprint density at radius 2 is 2.05 bits per heavy atom. The average Bonchev–Trinajstić information content (AvgIpc) is 2.40. The first-order chi connectivity index (χ1) is 9.22. The molecule has 0 bridgehead atoms. The monoisotopic (exact) mass is 262 g/mol. The van der Waals surface area contributed by atoms with E-state index >= 15 is 0 Å². The predicted octanol–water partition coefficient (Wildman–Crippen LogP) is 3.95. The van der Waals surface area contributed by atoms with Crippen LogP contribution in [0, 0.1) is 5.92 Å². The summed E-state index contributed by atoms with van der Waals surface area (Å²) >= 11 is 0. The number of aliphatic hydroxyl groups is 1. The van der Waals surface area contributed by atoms with Crippen molar-refractivity contribution in [1.82, 2.24) is 0 Å². The molecule has 0 aliphatic carbocycles. The molecule has 0 aliphatic rings. The predicted molar refractivity (Wildman–Crippen MR) is 80.0 cm³/mol. The summed E-state index contributed by atoms with van der Waals surface area (Å²) in [6.07, 6.45) is 5.30. The van der Waals surface area contributed by atoms with E-state index in [0.29, 0.717) is 12.5 Å². The maximum absolute atomic E-state index is 8.77. The average molecular weight is 262 g/mol. The minimum atomic E-state index is 0.154. The Morgan fingerprint density at radius 1 is 1.32 bits per heavy atom. The van der Waals surface area contributed by atoms with Gasteiger partial charge in [0.05, 0.1) is 13.2 Å². The Kier molecular flexibility index (Phi) is 8.19. The van der Waals surface area contributed by atoms with Gasteiger partial charge in [0.25, 0.3) is 0 Å². The molecule has 2 nitrogen and oxygen atoms in total. The molecule has 0 amide bonds. The van der Waals surface area contributed by atoms with Crippen LogP contribution >= 0.6 is 0 Å². The van der Waals surface area contributed by atoms with Gasteiger partial charge in [-0.15, -0.1) is 0 Å². The molecule has 0 spiro atoms. The molecule has 0 heterocycles. The minimum absolute atomic E-state index is 0.154. The van der Waals surface area contributed by atoms with Crippen molar-refractivity contribution in [2.24, 2.45) is 5.92 Å². The Morgan fingerprint density at radius 3 is 2.74 bits per heavy atom. The molecule has 1 N–H and O–H groups in total. The largest absolute Gasteiger partial charge is 0.392 e. The molecule has 1 atom stereocenters. The lowest BCUT2D eigenvalue weighted by molar-refractivity contribution is 0.0889. The third-order valence-corrected chi connectivity index (χ3v) is 3.22. The van der Waals surface area contributed by atoms with Crippen molar-refractivity contribution >= 4 is 0 Å². The lowest BCUT2D eigenvalue weighted by Gasteiger charge is -2.12. The summed E-state index contributed by atoms with van der Waals surface area (Å²) in [6.45, 7) is 5.98. The Labute approximate surface area is 117 Å². The van der Waals surface area contributed by atoms with Crippen LogP contribution in [0.1, 0.15) is 38.7 Å². The van der Waals surface area contributed by atoms with E-state index in [0.717, 1.165) is 19.4 Å². The van der Waals surface area contributed by atoms with Crippen LogP contribution in [0.5, 0.6) is 0 Å². The lowest BCUT2D eigenvalue weighted by Crippen LogP contribution is -2.06. The van der Waals surface area contributed by atoms with Gasteiger partial charge in [0.15, 0.2) is 0 Å².